The quantitative estimate of drug-likeness (QED) is 0.301. The van der Waals surface area contributed by atoms with Crippen LogP contribution in [0.4, 0.5) is 16.2 Å². The van der Waals surface area contributed by atoms with E-state index in [4.69, 9.17) is 19.9 Å². The van der Waals surface area contributed by atoms with Crippen LogP contribution in [-0.2, 0) is 4.74 Å². The van der Waals surface area contributed by atoms with E-state index in [1.165, 1.54) is 0 Å². The first-order valence-corrected chi connectivity index (χ1v) is 10.8. The number of amides is 3. The number of ether oxygens (including phenoxy) is 3. The Balaban J connectivity index is 1.50. The predicted molar refractivity (Wildman–Crippen MR) is 133 cm³/mol. The van der Waals surface area contributed by atoms with Crippen LogP contribution in [0.3, 0.4) is 0 Å². The number of hydrogen-bond donors (Lipinski definition) is 3. The normalized spacial score (nSPS) is 10.5. The van der Waals surface area contributed by atoms with Gasteiger partial charge in [0.25, 0.3) is 5.91 Å². The molecular weight excluding hydrogens is 448 g/mol. The van der Waals surface area contributed by atoms with E-state index in [9.17, 15) is 9.59 Å². The first-order valence-electron chi connectivity index (χ1n) is 10.8. The van der Waals surface area contributed by atoms with Crippen LogP contribution in [-0.4, -0.2) is 37.2 Å². The molecule has 0 saturated heterocycles. The maximum Gasteiger partial charge on any atom is 0.323 e. The van der Waals surface area contributed by atoms with Crippen molar-refractivity contribution in [3.05, 3.63) is 84.6 Å². The van der Waals surface area contributed by atoms with Gasteiger partial charge in [0.15, 0.2) is 0 Å². The van der Waals surface area contributed by atoms with Gasteiger partial charge in [0, 0.05) is 36.1 Å². The van der Waals surface area contributed by atoms with Crippen LogP contribution in [0.25, 0.3) is 10.9 Å². The van der Waals surface area contributed by atoms with E-state index in [1.54, 1.807) is 67.9 Å². The molecule has 1 aromatic heterocycles. The van der Waals surface area contributed by atoms with E-state index < -0.39 is 5.91 Å². The van der Waals surface area contributed by atoms with Gasteiger partial charge in [0.1, 0.15) is 23.9 Å². The third-order valence-corrected chi connectivity index (χ3v) is 4.99. The number of nitrogens with one attached hydrogen (secondary N) is 2. The lowest BCUT2D eigenvalue weighted by Gasteiger charge is -2.13. The Hall–Kier alpha value is -4.63. The summed E-state index contributed by atoms with van der Waals surface area (Å²) in [6.45, 7) is 0.633. The van der Waals surface area contributed by atoms with Crippen LogP contribution in [0.15, 0.2) is 79.0 Å². The number of fused-ring (bicyclic) bond motifs is 1. The minimum Gasteiger partial charge on any atom is -0.490 e. The molecule has 0 fully saturated rings. The highest BCUT2D eigenvalue weighted by molar-refractivity contribution is 6.01. The summed E-state index contributed by atoms with van der Waals surface area (Å²) in [6.07, 6.45) is 1.60. The number of pyridine rings is 1. The molecule has 4 rings (SSSR count). The van der Waals surface area contributed by atoms with Crippen molar-refractivity contribution in [1.82, 2.24) is 4.98 Å². The molecule has 3 amide bonds. The Morgan fingerprint density at radius 1 is 0.886 bits per heavy atom. The highest BCUT2D eigenvalue weighted by Gasteiger charge is 2.15. The zero-order chi connectivity index (χ0) is 24.6. The highest BCUT2D eigenvalue weighted by Crippen LogP contribution is 2.33. The van der Waals surface area contributed by atoms with Crippen molar-refractivity contribution in [1.29, 1.82) is 0 Å². The summed E-state index contributed by atoms with van der Waals surface area (Å²) in [4.78, 5) is 28.6. The van der Waals surface area contributed by atoms with Gasteiger partial charge >= 0.3 is 6.03 Å². The Labute approximate surface area is 201 Å². The number of aromatic nitrogens is 1. The van der Waals surface area contributed by atoms with Gasteiger partial charge in [-0.1, -0.05) is 18.2 Å². The Morgan fingerprint density at radius 2 is 1.60 bits per heavy atom. The topological polar surface area (TPSA) is 125 Å². The largest absolute Gasteiger partial charge is 0.490 e. The van der Waals surface area contributed by atoms with Crippen molar-refractivity contribution in [3.8, 4) is 17.2 Å². The predicted octanol–water partition coefficient (Wildman–Crippen LogP) is 4.80. The number of primary amides is 1. The Morgan fingerprint density at radius 3 is 2.29 bits per heavy atom. The van der Waals surface area contributed by atoms with Gasteiger partial charge in [-0.2, -0.15) is 0 Å². The van der Waals surface area contributed by atoms with E-state index >= 15 is 0 Å². The van der Waals surface area contributed by atoms with Crippen molar-refractivity contribution in [3.63, 3.8) is 0 Å². The molecule has 9 heteroatoms. The SMILES string of the molecule is COCCOc1cc2nccc(Oc3ccc(NC(=O)Nc4ccccc4)cc3)c2cc1C(N)=O. The molecule has 4 N–H and O–H groups in total. The fourth-order valence-electron chi connectivity index (χ4n) is 3.33. The summed E-state index contributed by atoms with van der Waals surface area (Å²) in [5, 5.41) is 6.13. The number of carbonyl (C=O) groups excluding carboxylic acids is 2. The molecule has 0 aliphatic carbocycles. The summed E-state index contributed by atoms with van der Waals surface area (Å²) < 4.78 is 16.7. The zero-order valence-electron chi connectivity index (χ0n) is 19.0. The van der Waals surface area contributed by atoms with Crippen molar-refractivity contribution in [2.24, 2.45) is 5.73 Å². The zero-order valence-corrected chi connectivity index (χ0v) is 19.0. The fraction of sp³-hybridized carbons (Fsp3) is 0.115. The number of methoxy groups -OCH3 is 1. The number of carbonyl (C=O) groups is 2. The van der Waals surface area contributed by atoms with Crippen molar-refractivity contribution >= 4 is 34.2 Å². The maximum atomic E-state index is 12.2. The molecule has 9 nitrogen and oxygen atoms in total. The lowest BCUT2D eigenvalue weighted by atomic mass is 10.1. The van der Waals surface area contributed by atoms with Crippen LogP contribution in [0.2, 0.25) is 0 Å². The van der Waals surface area contributed by atoms with E-state index in [2.05, 4.69) is 15.6 Å². The molecule has 0 unspecified atom stereocenters. The van der Waals surface area contributed by atoms with Crippen molar-refractivity contribution < 1.29 is 23.8 Å². The molecule has 35 heavy (non-hydrogen) atoms. The van der Waals surface area contributed by atoms with E-state index in [0.717, 1.165) is 0 Å². The average molecular weight is 473 g/mol. The third kappa shape index (κ3) is 6.04. The third-order valence-electron chi connectivity index (χ3n) is 4.99. The summed E-state index contributed by atoms with van der Waals surface area (Å²) in [5.41, 5.74) is 7.65. The maximum absolute atomic E-state index is 12.2. The van der Waals surface area contributed by atoms with Gasteiger partial charge in [0.2, 0.25) is 0 Å². The molecule has 0 spiro atoms. The number of anilines is 2. The highest BCUT2D eigenvalue weighted by atomic mass is 16.5. The van der Waals surface area contributed by atoms with Gasteiger partial charge in [-0.05, 0) is 48.5 Å². The second kappa shape index (κ2) is 11.0. The van der Waals surface area contributed by atoms with Crippen molar-refractivity contribution in [2.75, 3.05) is 31.0 Å². The molecule has 0 atom stereocenters. The number of nitrogens with two attached hydrogens (primary N) is 1. The molecule has 0 saturated carbocycles. The lowest BCUT2D eigenvalue weighted by Crippen LogP contribution is -2.19. The smallest absolute Gasteiger partial charge is 0.323 e. The first-order chi connectivity index (χ1) is 17.0. The Bertz CT molecular complexity index is 1330. The average Bonchev–Trinajstić information content (AvgIpc) is 2.85. The first kappa shape index (κ1) is 23.5. The fourth-order valence-corrected chi connectivity index (χ4v) is 3.33. The molecule has 3 aromatic carbocycles. The molecule has 0 aliphatic heterocycles. The number of urea groups is 1. The molecule has 0 bridgehead atoms. The number of rotatable bonds is 9. The minimum atomic E-state index is -0.627. The van der Waals surface area contributed by atoms with Crippen molar-refractivity contribution in [2.45, 2.75) is 0 Å². The van der Waals surface area contributed by atoms with E-state index in [-0.39, 0.29) is 18.2 Å². The molecule has 0 radical (unpaired) electrons. The number of hydrogen-bond acceptors (Lipinski definition) is 6. The lowest BCUT2D eigenvalue weighted by molar-refractivity contribution is 0.0992. The molecule has 4 aromatic rings. The van der Waals surface area contributed by atoms with Crippen LogP contribution >= 0.6 is 0 Å². The van der Waals surface area contributed by atoms with Crippen LogP contribution < -0.4 is 25.8 Å². The van der Waals surface area contributed by atoms with Gasteiger partial charge in [-0.15, -0.1) is 0 Å². The Kier molecular flexibility index (Phi) is 7.39. The summed E-state index contributed by atoms with van der Waals surface area (Å²) in [6, 6.07) is 20.6. The summed E-state index contributed by atoms with van der Waals surface area (Å²) >= 11 is 0. The van der Waals surface area contributed by atoms with Gasteiger partial charge in [0.05, 0.1) is 17.7 Å². The molecule has 1 heterocycles. The van der Waals surface area contributed by atoms with Gasteiger partial charge < -0.3 is 30.6 Å². The van der Waals surface area contributed by atoms with Crippen LogP contribution in [0.5, 0.6) is 17.2 Å². The van der Waals surface area contributed by atoms with E-state index in [0.29, 0.717) is 46.1 Å². The molecule has 0 aliphatic rings. The number of nitrogens with zero attached hydrogens (tertiary/aromatic N) is 1. The summed E-state index contributed by atoms with van der Waals surface area (Å²) in [7, 11) is 1.56. The summed E-state index contributed by atoms with van der Waals surface area (Å²) in [5.74, 6) is 0.727. The minimum absolute atomic E-state index is 0.218. The van der Waals surface area contributed by atoms with Crippen LogP contribution in [0.1, 0.15) is 10.4 Å². The number of benzene rings is 3. The second-order valence-corrected chi connectivity index (χ2v) is 7.45. The van der Waals surface area contributed by atoms with Gasteiger partial charge in [-0.3, -0.25) is 9.78 Å². The second-order valence-electron chi connectivity index (χ2n) is 7.45. The standard InChI is InChI=1S/C26H24N4O5/c1-33-13-14-34-24-16-22-20(15-21(24)25(27)31)23(11-12-28-22)35-19-9-7-18(8-10-19)30-26(32)29-17-5-3-2-4-6-17/h2-12,15-16H,13-14H2,1H3,(H2,27,31)(H2,29,30,32). The monoisotopic (exact) mass is 472 g/mol. The van der Waals surface area contributed by atoms with Crippen LogP contribution in [0, 0.1) is 0 Å². The number of para-hydroxylation sites is 1. The molecule has 178 valence electrons. The van der Waals surface area contributed by atoms with E-state index in [1.807, 2.05) is 18.2 Å². The van der Waals surface area contributed by atoms with Gasteiger partial charge in [-0.25, -0.2) is 4.79 Å². The molecular formula is C26H24N4O5.